The number of aromatic nitrogens is 2. The highest BCUT2D eigenvalue weighted by atomic mass is 35.5. The molecule has 1 fully saturated rings. The van der Waals surface area contributed by atoms with Crippen LogP contribution < -0.4 is 16.0 Å². The first-order valence-corrected chi connectivity index (χ1v) is 8.16. The number of nitrogens with two attached hydrogens (primary N) is 1. The maximum absolute atomic E-state index is 12.3. The molecule has 0 amide bonds. The number of benzene rings is 1. The van der Waals surface area contributed by atoms with E-state index in [1.807, 2.05) is 18.2 Å². The van der Waals surface area contributed by atoms with E-state index >= 15 is 0 Å². The molecule has 2 heterocycles. The van der Waals surface area contributed by atoms with Gasteiger partial charge < -0.3 is 19.8 Å². The molecule has 3 rings (SSSR count). The summed E-state index contributed by atoms with van der Waals surface area (Å²) in [5, 5.41) is 0. The van der Waals surface area contributed by atoms with Crippen molar-refractivity contribution in [3.8, 4) is 5.75 Å². The van der Waals surface area contributed by atoms with Crippen LogP contribution in [0.1, 0.15) is 6.42 Å². The second-order valence-corrected chi connectivity index (χ2v) is 6.13. The van der Waals surface area contributed by atoms with Crippen LogP contribution >= 0.6 is 24.8 Å². The summed E-state index contributed by atoms with van der Waals surface area (Å²) < 4.78 is 12.5. The zero-order chi connectivity index (χ0) is 17.1. The lowest BCUT2D eigenvalue weighted by Crippen LogP contribution is -2.52. The van der Waals surface area contributed by atoms with Crippen molar-refractivity contribution >= 4 is 35.8 Å². The third-order valence-corrected chi connectivity index (χ3v) is 4.69. The van der Waals surface area contributed by atoms with E-state index in [-0.39, 0.29) is 42.5 Å². The minimum atomic E-state index is -0.104. The van der Waals surface area contributed by atoms with Crippen molar-refractivity contribution in [3.63, 3.8) is 0 Å². The third kappa shape index (κ3) is 4.86. The second-order valence-electron chi connectivity index (χ2n) is 6.13. The van der Waals surface area contributed by atoms with Gasteiger partial charge in [-0.2, -0.15) is 0 Å². The van der Waals surface area contributed by atoms with Crippen LogP contribution in [0.4, 0.5) is 0 Å². The molecule has 26 heavy (non-hydrogen) atoms. The molecule has 0 unspecified atom stereocenters. The largest absolute Gasteiger partial charge is 0.497 e. The van der Waals surface area contributed by atoms with Gasteiger partial charge in [0.2, 0.25) is 0 Å². The lowest BCUT2D eigenvalue weighted by Gasteiger charge is -2.36. The predicted octanol–water partition coefficient (Wildman–Crippen LogP) is 1.30. The van der Waals surface area contributed by atoms with E-state index in [0.29, 0.717) is 12.3 Å². The van der Waals surface area contributed by atoms with Gasteiger partial charge in [-0.05, 0) is 25.1 Å². The summed E-state index contributed by atoms with van der Waals surface area (Å²) in [7, 11) is 3.31. The molecule has 0 bridgehead atoms. The van der Waals surface area contributed by atoms with Gasteiger partial charge in [-0.15, -0.1) is 24.8 Å². The Hall–Kier alpha value is -1.38. The molecule has 2 aromatic rings. The first-order chi connectivity index (χ1) is 11.6. The predicted molar refractivity (Wildman–Crippen MR) is 107 cm³/mol. The van der Waals surface area contributed by atoms with E-state index < -0.39 is 0 Å². The highest BCUT2D eigenvalue weighted by molar-refractivity contribution is 5.85. The van der Waals surface area contributed by atoms with Crippen LogP contribution in [-0.4, -0.2) is 60.5 Å². The molecule has 1 aliphatic heterocycles. The molecule has 146 valence electrons. The number of halogens is 2. The molecular weight excluding hydrogens is 379 g/mol. The number of fused-ring (bicyclic) bond motifs is 1. The SMILES string of the molecule is COc1ccc2ncc(=O)n(CCN3CC[C@H](N)[C@@H](OC)C3)c2c1.Cl.Cl. The van der Waals surface area contributed by atoms with Crippen LogP contribution in [0.2, 0.25) is 0 Å². The van der Waals surface area contributed by atoms with Crippen molar-refractivity contribution in [1.82, 2.24) is 14.5 Å². The van der Waals surface area contributed by atoms with Gasteiger partial charge in [-0.1, -0.05) is 0 Å². The Bertz CT molecular complexity index is 771. The van der Waals surface area contributed by atoms with E-state index in [9.17, 15) is 4.79 Å². The normalized spacial score (nSPS) is 20.3. The Balaban J connectivity index is 0.00000169. The fourth-order valence-corrected chi connectivity index (χ4v) is 3.19. The molecule has 1 aromatic carbocycles. The van der Waals surface area contributed by atoms with Gasteiger partial charge in [-0.25, -0.2) is 4.98 Å². The van der Waals surface area contributed by atoms with Crippen molar-refractivity contribution < 1.29 is 9.47 Å². The maximum Gasteiger partial charge on any atom is 0.269 e. The molecule has 2 N–H and O–H groups in total. The zero-order valence-corrected chi connectivity index (χ0v) is 16.6. The van der Waals surface area contributed by atoms with Crippen LogP contribution in [-0.2, 0) is 11.3 Å². The Morgan fingerprint density at radius 2 is 2.04 bits per heavy atom. The van der Waals surface area contributed by atoms with Crippen LogP contribution in [0, 0.1) is 0 Å². The highest BCUT2D eigenvalue weighted by Gasteiger charge is 2.26. The summed E-state index contributed by atoms with van der Waals surface area (Å²) in [5.41, 5.74) is 7.53. The number of nitrogens with zero attached hydrogens (tertiary/aromatic N) is 3. The molecule has 0 spiro atoms. The van der Waals surface area contributed by atoms with Crippen LogP contribution in [0.5, 0.6) is 5.75 Å². The van der Waals surface area contributed by atoms with Gasteiger partial charge in [0.25, 0.3) is 5.56 Å². The van der Waals surface area contributed by atoms with Gasteiger partial charge in [0.15, 0.2) is 0 Å². The quantitative estimate of drug-likeness (QED) is 0.808. The molecule has 9 heteroatoms. The van der Waals surface area contributed by atoms with Gasteiger partial charge in [0.1, 0.15) is 5.75 Å². The standard InChI is InChI=1S/C17H24N4O3.2ClH/c1-23-12-3-4-14-15(9-12)21(17(22)10-19-14)8-7-20-6-5-13(18)16(11-20)24-2;;/h3-4,9-10,13,16H,5-8,11,18H2,1-2H3;2*1H/t13-,16-;;/m0../s1. The van der Waals surface area contributed by atoms with E-state index in [1.165, 1.54) is 6.20 Å². The van der Waals surface area contributed by atoms with Crippen LogP contribution in [0.3, 0.4) is 0 Å². The van der Waals surface area contributed by atoms with Gasteiger partial charge >= 0.3 is 0 Å². The number of methoxy groups -OCH3 is 2. The molecule has 0 aliphatic carbocycles. The van der Waals surface area contributed by atoms with Crippen molar-refractivity contribution in [2.75, 3.05) is 33.9 Å². The van der Waals surface area contributed by atoms with Crippen molar-refractivity contribution in [3.05, 3.63) is 34.7 Å². The van der Waals surface area contributed by atoms with Gasteiger partial charge in [0, 0.05) is 38.9 Å². The first kappa shape index (κ1) is 22.7. The maximum atomic E-state index is 12.3. The number of hydrogen-bond acceptors (Lipinski definition) is 6. The Morgan fingerprint density at radius 1 is 1.27 bits per heavy atom. The number of hydrogen-bond donors (Lipinski definition) is 1. The van der Waals surface area contributed by atoms with E-state index in [0.717, 1.165) is 37.1 Å². The number of rotatable bonds is 5. The highest BCUT2D eigenvalue weighted by Crippen LogP contribution is 2.18. The second kappa shape index (κ2) is 10.1. The summed E-state index contributed by atoms with van der Waals surface area (Å²) in [4.78, 5) is 18.8. The van der Waals surface area contributed by atoms with Crippen molar-refractivity contribution in [2.45, 2.75) is 25.1 Å². The molecular formula is C17H26Cl2N4O3. The average Bonchev–Trinajstić information content (AvgIpc) is 2.61. The Kier molecular flexibility index (Phi) is 8.79. The number of ether oxygens (including phenoxy) is 2. The first-order valence-electron chi connectivity index (χ1n) is 8.16. The van der Waals surface area contributed by atoms with Gasteiger partial charge in [0.05, 0.1) is 30.4 Å². The van der Waals surface area contributed by atoms with Crippen LogP contribution in [0.25, 0.3) is 11.0 Å². The number of piperidine rings is 1. The fourth-order valence-electron chi connectivity index (χ4n) is 3.19. The third-order valence-electron chi connectivity index (χ3n) is 4.69. The average molecular weight is 405 g/mol. The summed E-state index contributed by atoms with van der Waals surface area (Å²) in [5.74, 6) is 0.715. The molecule has 1 aromatic heterocycles. The summed E-state index contributed by atoms with van der Waals surface area (Å²) in [6, 6.07) is 5.65. The lowest BCUT2D eigenvalue weighted by atomic mass is 10.0. The van der Waals surface area contributed by atoms with Crippen LogP contribution in [0.15, 0.2) is 29.2 Å². The summed E-state index contributed by atoms with van der Waals surface area (Å²) in [6.07, 6.45) is 2.32. The van der Waals surface area contributed by atoms with E-state index in [4.69, 9.17) is 15.2 Å². The molecule has 1 saturated heterocycles. The molecule has 0 radical (unpaired) electrons. The molecule has 2 atom stereocenters. The topological polar surface area (TPSA) is 82.6 Å². The lowest BCUT2D eigenvalue weighted by molar-refractivity contribution is 0.0158. The fraction of sp³-hybridized carbons (Fsp3) is 0.529. The van der Waals surface area contributed by atoms with E-state index in [1.54, 1.807) is 18.8 Å². The molecule has 0 saturated carbocycles. The minimum absolute atomic E-state index is 0. The summed E-state index contributed by atoms with van der Waals surface area (Å²) >= 11 is 0. The summed E-state index contributed by atoms with van der Waals surface area (Å²) in [6.45, 7) is 3.07. The monoisotopic (exact) mass is 404 g/mol. The van der Waals surface area contributed by atoms with Crippen molar-refractivity contribution in [2.24, 2.45) is 5.73 Å². The zero-order valence-electron chi connectivity index (χ0n) is 15.0. The van der Waals surface area contributed by atoms with E-state index in [2.05, 4.69) is 9.88 Å². The smallest absolute Gasteiger partial charge is 0.269 e. The number of likely N-dealkylation sites (tertiary alicyclic amines) is 1. The Labute approximate surface area is 165 Å². The van der Waals surface area contributed by atoms with Crippen molar-refractivity contribution in [1.29, 1.82) is 0 Å². The van der Waals surface area contributed by atoms with Gasteiger partial charge in [-0.3, -0.25) is 9.69 Å². The molecule has 1 aliphatic rings. The molecule has 7 nitrogen and oxygen atoms in total. The minimum Gasteiger partial charge on any atom is -0.497 e. The Morgan fingerprint density at radius 3 is 2.73 bits per heavy atom.